The molecule has 17 nitrogen and oxygen atoms in total. The van der Waals surface area contributed by atoms with Crippen LogP contribution in [0.1, 0.15) is 383 Å². The molecule has 0 amide bonds. The highest BCUT2D eigenvalue weighted by Gasteiger charge is 2.30. The highest BCUT2D eigenvalue weighted by atomic mass is 31.2. The first-order valence-electron chi connectivity index (χ1n) is 39.2. The first-order valence-corrected chi connectivity index (χ1v) is 42.2. The van der Waals surface area contributed by atoms with E-state index in [1.807, 2.05) is 0 Å². The molecule has 564 valence electrons. The van der Waals surface area contributed by atoms with E-state index in [1.165, 1.54) is 180 Å². The highest BCUT2D eigenvalue weighted by Crippen LogP contribution is 2.45. The van der Waals surface area contributed by atoms with Gasteiger partial charge in [0.25, 0.3) is 0 Å². The van der Waals surface area contributed by atoms with E-state index in [-0.39, 0.29) is 25.7 Å². The molecule has 0 saturated carbocycles. The van der Waals surface area contributed by atoms with Gasteiger partial charge in [-0.1, -0.05) is 331 Å². The second kappa shape index (κ2) is 65.4. The van der Waals surface area contributed by atoms with Gasteiger partial charge in [-0.3, -0.25) is 37.3 Å². The minimum absolute atomic E-state index is 0.105. The first-order chi connectivity index (χ1) is 45.6. The summed E-state index contributed by atoms with van der Waals surface area (Å²) in [4.78, 5) is 72.7. The minimum atomic E-state index is -4.96. The lowest BCUT2D eigenvalue weighted by Crippen LogP contribution is -2.30. The number of carbonyl (C=O) groups is 4. The van der Waals surface area contributed by atoms with Crippen LogP contribution in [0.2, 0.25) is 0 Å². The summed E-state index contributed by atoms with van der Waals surface area (Å²) in [6.45, 7) is 14.1. The largest absolute Gasteiger partial charge is 0.472 e. The number of aliphatic hydroxyl groups is 1. The van der Waals surface area contributed by atoms with Crippen molar-refractivity contribution in [3.8, 4) is 0 Å². The third-order valence-electron chi connectivity index (χ3n) is 17.9. The molecule has 0 aromatic carbocycles. The Labute approximate surface area is 581 Å². The molecule has 0 aliphatic heterocycles. The number of ether oxygens (including phenoxy) is 4. The fourth-order valence-corrected chi connectivity index (χ4v) is 13.1. The van der Waals surface area contributed by atoms with E-state index in [0.717, 1.165) is 114 Å². The van der Waals surface area contributed by atoms with Crippen LogP contribution in [-0.4, -0.2) is 96.7 Å². The predicted molar refractivity (Wildman–Crippen MR) is 386 cm³/mol. The van der Waals surface area contributed by atoms with Gasteiger partial charge in [-0.25, -0.2) is 9.13 Å². The maximum absolute atomic E-state index is 13.1. The average Bonchev–Trinajstić information content (AvgIpc) is 2.16. The van der Waals surface area contributed by atoms with Crippen molar-refractivity contribution in [1.29, 1.82) is 0 Å². The lowest BCUT2D eigenvalue weighted by Gasteiger charge is -2.21. The van der Waals surface area contributed by atoms with Crippen molar-refractivity contribution in [1.82, 2.24) is 0 Å². The molecule has 0 fully saturated rings. The van der Waals surface area contributed by atoms with Crippen molar-refractivity contribution in [2.45, 2.75) is 401 Å². The average molecular weight is 1400 g/mol. The SMILES string of the molecule is CCC(C)CCCCCCCCCCCCC(=O)O[C@H](COC(=O)CCCCCCCCC(C)C)COP(=O)(O)OC[C@H](O)COP(=O)(O)OC[C@@H](COC(=O)CCCCCCCCCCC(C)C)OC(=O)CCCCCCCCCCCCCCCCCCCCC(C)C. The molecular formula is C76H148O17P2. The fourth-order valence-electron chi connectivity index (χ4n) is 11.5. The summed E-state index contributed by atoms with van der Waals surface area (Å²) in [5, 5.41) is 10.6. The number of aliphatic hydroxyl groups excluding tert-OH is 1. The zero-order valence-corrected chi connectivity index (χ0v) is 64.1. The predicted octanol–water partition coefficient (Wildman–Crippen LogP) is 22.0. The Morgan fingerprint density at radius 3 is 0.747 bits per heavy atom. The van der Waals surface area contributed by atoms with E-state index < -0.39 is 97.5 Å². The summed E-state index contributed by atoms with van der Waals surface area (Å²) >= 11 is 0. The summed E-state index contributed by atoms with van der Waals surface area (Å²) in [5.74, 6) is 0.905. The molecular weight excluding hydrogens is 1250 g/mol. The Morgan fingerprint density at radius 2 is 0.505 bits per heavy atom. The number of phosphoric acid groups is 2. The van der Waals surface area contributed by atoms with Gasteiger partial charge in [0.15, 0.2) is 12.2 Å². The second-order valence-electron chi connectivity index (χ2n) is 29.1. The minimum Gasteiger partial charge on any atom is -0.462 e. The first kappa shape index (κ1) is 93.1. The van der Waals surface area contributed by atoms with Crippen molar-refractivity contribution in [3.05, 3.63) is 0 Å². The summed E-state index contributed by atoms with van der Waals surface area (Å²) < 4.78 is 68.5. The Morgan fingerprint density at radius 1 is 0.295 bits per heavy atom. The Hall–Kier alpha value is -1.94. The van der Waals surface area contributed by atoms with Gasteiger partial charge in [0.2, 0.25) is 0 Å². The third kappa shape index (κ3) is 69.0. The van der Waals surface area contributed by atoms with Crippen LogP contribution in [0.4, 0.5) is 0 Å². The quantitative estimate of drug-likeness (QED) is 0.0222. The Balaban J connectivity index is 5.18. The van der Waals surface area contributed by atoms with E-state index >= 15 is 0 Å². The maximum atomic E-state index is 13.1. The Bertz CT molecular complexity index is 1870. The number of hydrogen-bond donors (Lipinski definition) is 3. The topological polar surface area (TPSA) is 237 Å². The van der Waals surface area contributed by atoms with Crippen molar-refractivity contribution in [2.75, 3.05) is 39.6 Å². The number of hydrogen-bond acceptors (Lipinski definition) is 15. The van der Waals surface area contributed by atoms with Crippen LogP contribution in [0.15, 0.2) is 0 Å². The molecule has 6 atom stereocenters. The molecule has 95 heavy (non-hydrogen) atoms. The van der Waals surface area contributed by atoms with Crippen LogP contribution >= 0.6 is 15.6 Å². The van der Waals surface area contributed by atoms with Gasteiger partial charge >= 0.3 is 39.5 Å². The number of rotatable bonds is 73. The number of carbonyl (C=O) groups excluding carboxylic acids is 4. The van der Waals surface area contributed by atoms with Crippen LogP contribution in [0, 0.1) is 23.7 Å². The molecule has 0 saturated heterocycles. The molecule has 0 aliphatic rings. The van der Waals surface area contributed by atoms with E-state index in [9.17, 15) is 43.2 Å². The summed E-state index contributed by atoms with van der Waals surface area (Å²) in [5.41, 5.74) is 0. The highest BCUT2D eigenvalue weighted by molar-refractivity contribution is 7.47. The lowest BCUT2D eigenvalue weighted by molar-refractivity contribution is -0.161. The second-order valence-corrected chi connectivity index (χ2v) is 32.0. The molecule has 3 N–H and O–H groups in total. The van der Waals surface area contributed by atoms with Crippen LogP contribution in [-0.2, 0) is 65.4 Å². The summed E-state index contributed by atoms with van der Waals surface area (Å²) in [6.07, 6.45) is 50.2. The number of unbranched alkanes of at least 4 members (excludes halogenated alkanes) is 38. The van der Waals surface area contributed by atoms with Gasteiger partial charge in [0.05, 0.1) is 26.4 Å². The van der Waals surface area contributed by atoms with Crippen molar-refractivity contribution < 1.29 is 80.2 Å². The Kier molecular flexibility index (Phi) is 64.0. The standard InChI is InChI=1S/C76H148O17P2/c1-9-69(8)55-47-39-30-23-20-21-25-33-43-51-59-76(81)93-72(63-87-74(79)57-49-41-35-34-38-46-54-68(6)7)65-91-95(84,85)89-61-70(77)60-88-94(82,83)90-64-71(62-86-73(78)56-48-40-31-27-26-29-37-45-53-67(4)5)92-75(80)58-50-42-32-24-19-17-15-13-11-10-12-14-16-18-22-28-36-44-52-66(2)3/h66-72,77H,9-65H2,1-8H3,(H,82,83)(H,84,85)/t69?,70-,71-,72-/m1/s1. The van der Waals surface area contributed by atoms with Gasteiger partial charge in [-0.05, 0) is 49.4 Å². The van der Waals surface area contributed by atoms with Crippen molar-refractivity contribution in [2.24, 2.45) is 23.7 Å². The van der Waals surface area contributed by atoms with E-state index in [4.69, 9.17) is 37.0 Å². The molecule has 3 unspecified atom stereocenters. The molecule has 0 aromatic heterocycles. The lowest BCUT2D eigenvalue weighted by atomic mass is 9.99. The molecule has 0 rings (SSSR count). The van der Waals surface area contributed by atoms with Crippen LogP contribution in [0.3, 0.4) is 0 Å². The van der Waals surface area contributed by atoms with Gasteiger partial charge in [0.1, 0.15) is 19.3 Å². The maximum Gasteiger partial charge on any atom is 0.472 e. The monoisotopic (exact) mass is 1400 g/mol. The number of phosphoric ester groups is 2. The fraction of sp³-hybridized carbons (Fsp3) is 0.947. The van der Waals surface area contributed by atoms with Gasteiger partial charge in [-0.2, -0.15) is 0 Å². The zero-order chi connectivity index (χ0) is 70.3. The molecule has 0 heterocycles. The van der Waals surface area contributed by atoms with Gasteiger partial charge in [-0.15, -0.1) is 0 Å². The zero-order valence-electron chi connectivity index (χ0n) is 62.3. The number of esters is 4. The summed E-state index contributed by atoms with van der Waals surface area (Å²) in [7, 11) is -9.91. The molecule has 0 aromatic rings. The smallest absolute Gasteiger partial charge is 0.462 e. The van der Waals surface area contributed by atoms with E-state index in [2.05, 4.69) is 55.4 Å². The normalized spacial score (nSPS) is 14.4. The van der Waals surface area contributed by atoms with Crippen molar-refractivity contribution >= 4 is 39.5 Å². The molecule has 0 bridgehead atoms. The van der Waals surface area contributed by atoms with Gasteiger partial charge < -0.3 is 33.8 Å². The van der Waals surface area contributed by atoms with Crippen LogP contribution < -0.4 is 0 Å². The van der Waals surface area contributed by atoms with Crippen LogP contribution in [0.5, 0.6) is 0 Å². The summed E-state index contributed by atoms with van der Waals surface area (Å²) in [6, 6.07) is 0. The molecule has 0 spiro atoms. The molecule has 19 heteroatoms. The van der Waals surface area contributed by atoms with Gasteiger partial charge in [0, 0.05) is 25.7 Å². The van der Waals surface area contributed by atoms with E-state index in [0.29, 0.717) is 31.6 Å². The molecule has 0 aliphatic carbocycles. The van der Waals surface area contributed by atoms with Crippen molar-refractivity contribution in [3.63, 3.8) is 0 Å². The van der Waals surface area contributed by atoms with E-state index in [1.54, 1.807) is 0 Å². The molecule has 0 radical (unpaired) electrons. The third-order valence-corrected chi connectivity index (χ3v) is 19.8. The van der Waals surface area contributed by atoms with Crippen LogP contribution in [0.25, 0.3) is 0 Å².